The molecular formula is C24H31N3O4. The topological polar surface area (TPSA) is 81.5 Å². The van der Waals surface area contributed by atoms with Crippen molar-refractivity contribution in [2.75, 3.05) is 6.61 Å². The second kappa shape index (κ2) is 10.1. The number of carbonyl (C=O) groups excluding carboxylic acids is 2. The van der Waals surface area contributed by atoms with Crippen LogP contribution in [0, 0.1) is 0 Å². The van der Waals surface area contributed by atoms with Crippen LogP contribution in [0.25, 0.3) is 10.9 Å². The van der Waals surface area contributed by atoms with E-state index in [4.69, 9.17) is 4.74 Å². The average molecular weight is 426 g/mol. The molecule has 2 aliphatic carbocycles. The van der Waals surface area contributed by atoms with Gasteiger partial charge in [0.2, 0.25) is 0 Å². The lowest BCUT2D eigenvalue weighted by Gasteiger charge is -2.41. The third kappa shape index (κ3) is 5.14. The summed E-state index contributed by atoms with van der Waals surface area (Å²) in [7, 11) is 0. The van der Waals surface area contributed by atoms with E-state index in [0.717, 1.165) is 51.4 Å². The van der Waals surface area contributed by atoms with Crippen LogP contribution in [0.5, 0.6) is 0 Å². The number of rotatable bonds is 6. The van der Waals surface area contributed by atoms with Crippen LogP contribution >= 0.6 is 0 Å². The van der Waals surface area contributed by atoms with Crippen LogP contribution in [-0.4, -0.2) is 45.0 Å². The van der Waals surface area contributed by atoms with Gasteiger partial charge in [0.1, 0.15) is 6.54 Å². The SMILES string of the molecule is O=C(Cn1cnc2ccccc2c1=O)OCC(=O)N(C1CCCCC1)C1CCCCC1. The van der Waals surface area contributed by atoms with Crippen LogP contribution in [0.1, 0.15) is 64.2 Å². The van der Waals surface area contributed by atoms with Gasteiger partial charge in [-0.2, -0.15) is 0 Å². The van der Waals surface area contributed by atoms with E-state index in [0.29, 0.717) is 10.9 Å². The Balaban J connectivity index is 1.39. The van der Waals surface area contributed by atoms with E-state index in [2.05, 4.69) is 4.98 Å². The summed E-state index contributed by atoms with van der Waals surface area (Å²) >= 11 is 0. The highest BCUT2D eigenvalue weighted by Crippen LogP contribution is 2.30. The predicted molar refractivity (Wildman–Crippen MR) is 118 cm³/mol. The molecule has 4 rings (SSSR count). The zero-order valence-electron chi connectivity index (χ0n) is 18.0. The molecule has 0 N–H and O–H groups in total. The largest absolute Gasteiger partial charge is 0.454 e. The summed E-state index contributed by atoms with van der Waals surface area (Å²) in [5.74, 6) is -0.698. The van der Waals surface area contributed by atoms with Crippen molar-refractivity contribution in [3.8, 4) is 0 Å². The van der Waals surface area contributed by atoms with E-state index in [9.17, 15) is 14.4 Å². The Bertz CT molecular complexity index is 956. The van der Waals surface area contributed by atoms with Crippen molar-refractivity contribution >= 4 is 22.8 Å². The van der Waals surface area contributed by atoms with Crippen molar-refractivity contribution < 1.29 is 14.3 Å². The van der Waals surface area contributed by atoms with Gasteiger partial charge >= 0.3 is 5.97 Å². The summed E-state index contributed by atoms with van der Waals surface area (Å²) in [6.45, 7) is -0.515. The minimum atomic E-state index is -0.597. The van der Waals surface area contributed by atoms with E-state index < -0.39 is 5.97 Å². The highest BCUT2D eigenvalue weighted by molar-refractivity contribution is 5.81. The van der Waals surface area contributed by atoms with Crippen LogP contribution < -0.4 is 5.56 Å². The Morgan fingerprint density at radius 2 is 1.58 bits per heavy atom. The van der Waals surface area contributed by atoms with Crippen molar-refractivity contribution in [2.45, 2.75) is 82.8 Å². The van der Waals surface area contributed by atoms with Crippen molar-refractivity contribution in [3.05, 3.63) is 40.9 Å². The van der Waals surface area contributed by atoms with Gasteiger partial charge in [-0.1, -0.05) is 50.7 Å². The lowest BCUT2D eigenvalue weighted by molar-refractivity contribution is -0.155. The first-order valence-corrected chi connectivity index (χ1v) is 11.5. The summed E-state index contributed by atoms with van der Waals surface area (Å²) in [6, 6.07) is 7.53. The Kier molecular flexibility index (Phi) is 6.99. The number of aromatic nitrogens is 2. The van der Waals surface area contributed by atoms with Gasteiger partial charge in [0, 0.05) is 12.1 Å². The molecule has 1 aromatic heterocycles. The molecule has 2 fully saturated rings. The Morgan fingerprint density at radius 1 is 0.968 bits per heavy atom. The van der Waals surface area contributed by atoms with Crippen molar-refractivity contribution in [1.29, 1.82) is 0 Å². The zero-order valence-corrected chi connectivity index (χ0v) is 18.0. The number of para-hydroxylation sites is 1. The molecule has 7 heteroatoms. The maximum atomic E-state index is 13.1. The summed E-state index contributed by atoms with van der Waals surface area (Å²) in [5.41, 5.74) is 0.294. The Hall–Kier alpha value is -2.70. The molecule has 166 valence electrons. The zero-order chi connectivity index (χ0) is 21.6. The van der Waals surface area contributed by atoms with Gasteiger partial charge in [-0.25, -0.2) is 4.98 Å². The van der Waals surface area contributed by atoms with E-state index in [-0.39, 0.29) is 36.7 Å². The molecule has 2 saturated carbocycles. The fraction of sp³-hybridized carbons (Fsp3) is 0.583. The normalized spacial score (nSPS) is 18.1. The fourth-order valence-electron chi connectivity index (χ4n) is 5.04. The third-order valence-corrected chi connectivity index (χ3v) is 6.61. The van der Waals surface area contributed by atoms with Gasteiger partial charge in [-0.05, 0) is 37.8 Å². The molecule has 0 spiro atoms. The fourth-order valence-corrected chi connectivity index (χ4v) is 5.04. The number of carbonyl (C=O) groups is 2. The van der Waals surface area contributed by atoms with Gasteiger partial charge in [0.25, 0.3) is 11.5 Å². The standard InChI is InChI=1S/C24H31N3O4/c28-22(27(18-9-3-1-4-10-18)19-11-5-2-6-12-19)16-31-23(29)15-26-17-25-21-14-8-7-13-20(21)24(26)30/h7-8,13-14,17-19H,1-6,9-12,15-16H2. The quantitative estimate of drug-likeness (QED) is 0.663. The summed E-state index contributed by atoms with van der Waals surface area (Å²) < 4.78 is 6.55. The van der Waals surface area contributed by atoms with Crippen molar-refractivity contribution in [3.63, 3.8) is 0 Å². The average Bonchev–Trinajstić information content (AvgIpc) is 2.81. The molecule has 2 aliphatic rings. The highest BCUT2D eigenvalue weighted by atomic mass is 16.5. The molecule has 0 radical (unpaired) electrons. The first kappa shape index (κ1) is 21.5. The van der Waals surface area contributed by atoms with Crippen molar-refractivity contribution in [1.82, 2.24) is 14.5 Å². The molecule has 2 aromatic rings. The maximum absolute atomic E-state index is 13.1. The first-order chi connectivity index (χ1) is 15.1. The molecule has 0 unspecified atom stereocenters. The summed E-state index contributed by atoms with van der Waals surface area (Å²) in [5, 5.41) is 0.453. The van der Waals surface area contributed by atoms with E-state index in [1.54, 1.807) is 18.2 Å². The molecule has 0 atom stereocenters. The number of amides is 1. The molecule has 0 bridgehead atoms. The smallest absolute Gasteiger partial charge is 0.326 e. The second-order valence-corrected chi connectivity index (χ2v) is 8.74. The van der Waals surface area contributed by atoms with Gasteiger partial charge in [0.15, 0.2) is 6.61 Å². The maximum Gasteiger partial charge on any atom is 0.326 e. The van der Waals surface area contributed by atoms with Crippen molar-refractivity contribution in [2.24, 2.45) is 0 Å². The highest BCUT2D eigenvalue weighted by Gasteiger charge is 2.32. The van der Waals surface area contributed by atoms with Gasteiger partial charge < -0.3 is 9.64 Å². The summed E-state index contributed by atoms with van der Waals surface area (Å²) in [6.07, 6.45) is 12.6. The van der Waals surface area contributed by atoms with Gasteiger partial charge in [-0.3, -0.25) is 19.0 Å². The third-order valence-electron chi connectivity index (χ3n) is 6.61. The predicted octanol–water partition coefficient (Wildman–Crippen LogP) is 3.43. The number of benzene rings is 1. The van der Waals surface area contributed by atoms with Gasteiger partial charge in [-0.15, -0.1) is 0 Å². The van der Waals surface area contributed by atoms with E-state index in [1.165, 1.54) is 23.7 Å². The summed E-state index contributed by atoms with van der Waals surface area (Å²) in [4.78, 5) is 44.3. The number of esters is 1. The van der Waals surface area contributed by atoms with Crippen LogP contribution in [0.2, 0.25) is 0 Å². The second-order valence-electron chi connectivity index (χ2n) is 8.74. The molecule has 7 nitrogen and oxygen atoms in total. The Morgan fingerprint density at radius 3 is 2.23 bits per heavy atom. The number of nitrogens with zero attached hydrogens (tertiary/aromatic N) is 3. The van der Waals surface area contributed by atoms with E-state index >= 15 is 0 Å². The number of fused-ring (bicyclic) bond motifs is 1. The molecule has 1 aromatic carbocycles. The number of hydrogen-bond donors (Lipinski definition) is 0. The molecular weight excluding hydrogens is 394 g/mol. The monoisotopic (exact) mass is 425 g/mol. The van der Waals surface area contributed by atoms with E-state index in [1.807, 2.05) is 11.0 Å². The molecule has 1 amide bonds. The van der Waals surface area contributed by atoms with Crippen LogP contribution in [-0.2, 0) is 20.9 Å². The van der Waals surface area contributed by atoms with Gasteiger partial charge in [0.05, 0.1) is 17.2 Å². The van der Waals surface area contributed by atoms with Crippen LogP contribution in [0.3, 0.4) is 0 Å². The molecule has 31 heavy (non-hydrogen) atoms. The first-order valence-electron chi connectivity index (χ1n) is 11.5. The molecule has 1 heterocycles. The Labute approximate surface area is 182 Å². The minimum absolute atomic E-state index is 0.101. The van der Waals surface area contributed by atoms with Crippen LogP contribution in [0.4, 0.5) is 0 Å². The van der Waals surface area contributed by atoms with Crippen LogP contribution in [0.15, 0.2) is 35.4 Å². The number of hydrogen-bond acceptors (Lipinski definition) is 5. The number of ether oxygens (including phenoxy) is 1. The lowest BCUT2D eigenvalue weighted by Crippen LogP contribution is -2.50. The minimum Gasteiger partial charge on any atom is -0.454 e. The molecule has 0 saturated heterocycles. The molecule has 0 aliphatic heterocycles. The lowest BCUT2D eigenvalue weighted by atomic mass is 9.88.